The Kier molecular flexibility index (Phi) is 12.5. The smallest absolute Gasteiger partial charge is 0.410 e. The molecule has 7 rings (SSSR count). The van der Waals surface area contributed by atoms with E-state index in [1.807, 2.05) is 109 Å². The van der Waals surface area contributed by atoms with Crippen molar-refractivity contribution in [1.82, 2.24) is 4.90 Å². The molecule has 3 aliphatic rings. The molecule has 9 nitrogen and oxygen atoms in total. The number of ether oxygens (including phenoxy) is 7. The number of hydrogen-bond donors (Lipinski definition) is 0. The highest BCUT2D eigenvalue weighted by Gasteiger charge is 2.57. The van der Waals surface area contributed by atoms with Crippen molar-refractivity contribution in [3.63, 3.8) is 0 Å². The number of carbonyl (C=O) groups is 1. The summed E-state index contributed by atoms with van der Waals surface area (Å²) in [6.07, 6.45) is -3.66. The molecule has 4 unspecified atom stereocenters. The third-order valence-electron chi connectivity index (χ3n) is 10.8. The van der Waals surface area contributed by atoms with Gasteiger partial charge < -0.3 is 33.2 Å². The van der Waals surface area contributed by atoms with E-state index in [-0.39, 0.29) is 36.7 Å². The largest absolute Gasteiger partial charge is 0.443 e. The lowest BCUT2D eigenvalue weighted by molar-refractivity contribution is -0.317. The molecule has 0 bridgehead atoms. The zero-order chi connectivity index (χ0) is 36.6. The second-order valence-electron chi connectivity index (χ2n) is 14.5. The first-order valence-electron chi connectivity index (χ1n) is 18.8. The standard InChI is InChI=1S/C44H51NO8/c1-30-32(3)50-38(29-48-26-35-20-12-6-13-21-35)42(41(30)49-27-36-22-14-7-15-23-36)52-43-39-40(53-44(46)45(39)24-33-16-8-4-9-17-33)31(2)37(51-43)28-47-25-34-18-10-5-11-19-34/h4-23,30-32,37-43H,24-29H2,1-3H3/t30?,31-,32-,37?,38?,39?,40-,41-,42-,43-/m0/s1. The van der Waals surface area contributed by atoms with E-state index in [1.165, 1.54) is 0 Å². The molecule has 0 saturated carbocycles. The maximum Gasteiger partial charge on any atom is 0.410 e. The van der Waals surface area contributed by atoms with Crippen LogP contribution in [0.15, 0.2) is 121 Å². The molecule has 0 aromatic heterocycles. The van der Waals surface area contributed by atoms with E-state index in [0.29, 0.717) is 33.0 Å². The van der Waals surface area contributed by atoms with Gasteiger partial charge in [-0.25, -0.2) is 4.79 Å². The molecule has 10 atom stereocenters. The molecule has 3 heterocycles. The third kappa shape index (κ3) is 9.18. The molecule has 4 aromatic carbocycles. The van der Waals surface area contributed by atoms with Crippen LogP contribution in [0.25, 0.3) is 0 Å². The van der Waals surface area contributed by atoms with E-state index in [0.717, 1.165) is 22.3 Å². The third-order valence-corrected chi connectivity index (χ3v) is 10.8. The number of nitrogens with zero attached hydrogens (tertiary/aromatic N) is 1. The number of benzene rings is 4. The summed E-state index contributed by atoms with van der Waals surface area (Å²) >= 11 is 0. The monoisotopic (exact) mass is 721 g/mol. The quantitative estimate of drug-likeness (QED) is 0.124. The summed E-state index contributed by atoms with van der Waals surface area (Å²) in [6, 6.07) is 39.7. The normalized spacial score (nSPS) is 29.8. The minimum absolute atomic E-state index is 0.0146. The summed E-state index contributed by atoms with van der Waals surface area (Å²) in [6.45, 7) is 8.50. The fourth-order valence-electron chi connectivity index (χ4n) is 7.57. The van der Waals surface area contributed by atoms with Gasteiger partial charge in [0.1, 0.15) is 24.4 Å². The van der Waals surface area contributed by atoms with Crippen molar-refractivity contribution in [3.05, 3.63) is 144 Å². The fourth-order valence-corrected chi connectivity index (χ4v) is 7.57. The first-order chi connectivity index (χ1) is 25.9. The molecule has 0 spiro atoms. The van der Waals surface area contributed by atoms with Crippen LogP contribution in [0.5, 0.6) is 0 Å². The van der Waals surface area contributed by atoms with Crippen LogP contribution in [0, 0.1) is 11.8 Å². The Hall–Kier alpha value is -4.09. The number of fused-ring (bicyclic) bond motifs is 1. The number of hydrogen-bond acceptors (Lipinski definition) is 8. The van der Waals surface area contributed by atoms with Gasteiger partial charge in [0.2, 0.25) is 0 Å². The minimum Gasteiger partial charge on any atom is -0.443 e. The second kappa shape index (κ2) is 17.8. The molecular formula is C44H51NO8. The van der Waals surface area contributed by atoms with Crippen molar-refractivity contribution in [2.75, 3.05) is 13.2 Å². The second-order valence-corrected chi connectivity index (χ2v) is 14.5. The Balaban J connectivity index is 1.17. The molecule has 280 valence electrons. The van der Waals surface area contributed by atoms with Gasteiger partial charge in [0.05, 0.1) is 51.3 Å². The zero-order valence-corrected chi connectivity index (χ0v) is 30.8. The maximum atomic E-state index is 13.7. The van der Waals surface area contributed by atoms with E-state index in [4.69, 9.17) is 33.2 Å². The van der Waals surface area contributed by atoms with Crippen LogP contribution in [0.3, 0.4) is 0 Å². The molecule has 4 aromatic rings. The lowest BCUT2D eigenvalue weighted by Crippen LogP contribution is -2.63. The zero-order valence-electron chi connectivity index (χ0n) is 30.8. The van der Waals surface area contributed by atoms with E-state index >= 15 is 0 Å². The van der Waals surface area contributed by atoms with E-state index in [2.05, 4.69) is 32.9 Å². The van der Waals surface area contributed by atoms with Crippen molar-refractivity contribution in [1.29, 1.82) is 0 Å². The highest BCUT2D eigenvalue weighted by molar-refractivity contribution is 5.71. The van der Waals surface area contributed by atoms with Gasteiger partial charge in [-0.05, 0) is 29.2 Å². The topological polar surface area (TPSA) is 84.9 Å². The lowest BCUT2D eigenvalue weighted by Gasteiger charge is -2.49. The van der Waals surface area contributed by atoms with Crippen LogP contribution in [0.2, 0.25) is 0 Å². The van der Waals surface area contributed by atoms with Crippen molar-refractivity contribution < 1.29 is 38.0 Å². The Bertz CT molecular complexity index is 1700. The Morgan fingerprint density at radius 3 is 1.66 bits per heavy atom. The van der Waals surface area contributed by atoms with Crippen molar-refractivity contribution in [2.45, 2.75) is 96.1 Å². The maximum absolute atomic E-state index is 13.7. The predicted molar refractivity (Wildman–Crippen MR) is 199 cm³/mol. The predicted octanol–water partition coefficient (Wildman–Crippen LogP) is 7.56. The van der Waals surface area contributed by atoms with Gasteiger partial charge >= 0.3 is 6.09 Å². The van der Waals surface area contributed by atoms with Crippen molar-refractivity contribution >= 4 is 6.09 Å². The summed E-state index contributed by atoms with van der Waals surface area (Å²) in [5.41, 5.74) is 4.20. The van der Waals surface area contributed by atoms with E-state index in [1.54, 1.807) is 4.90 Å². The lowest BCUT2D eigenvalue weighted by atomic mass is 9.87. The average molecular weight is 722 g/mol. The van der Waals surface area contributed by atoms with Gasteiger partial charge in [-0.15, -0.1) is 0 Å². The Labute approximate surface area is 313 Å². The molecule has 0 aliphatic carbocycles. The van der Waals surface area contributed by atoms with Gasteiger partial charge in [0.15, 0.2) is 6.29 Å². The van der Waals surface area contributed by atoms with Crippen molar-refractivity contribution in [2.24, 2.45) is 11.8 Å². The average Bonchev–Trinajstić information content (AvgIpc) is 3.52. The first kappa shape index (κ1) is 37.2. The van der Waals surface area contributed by atoms with Crippen LogP contribution >= 0.6 is 0 Å². The molecule has 3 saturated heterocycles. The van der Waals surface area contributed by atoms with Crippen LogP contribution in [0.1, 0.15) is 43.0 Å². The molecule has 0 N–H and O–H groups in total. The molecule has 0 radical (unpaired) electrons. The van der Waals surface area contributed by atoms with Crippen LogP contribution < -0.4 is 0 Å². The summed E-state index contributed by atoms with van der Waals surface area (Å²) in [4.78, 5) is 15.4. The fraction of sp³-hybridized carbons (Fsp3) is 0.432. The molecule has 53 heavy (non-hydrogen) atoms. The van der Waals surface area contributed by atoms with E-state index in [9.17, 15) is 4.79 Å². The minimum atomic E-state index is -0.856. The number of carbonyl (C=O) groups excluding carboxylic acids is 1. The van der Waals surface area contributed by atoms with Gasteiger partial charge in [0.25, 0.3) is 0 Å². The molecular weight excluding hydrogens is 670 g/mol. The molecule has 1 amide bonds. The Morgan fingerprint density at radius 1 is 0.585 bits per heavy atom. The molecule has 9 heteroatoms. The van der Waals surface area contributed by atoms with E-state index < -0.39 is 36.7 Å². The highest BCUT2D eigenvalue weighted by atomic mass is 16.7. The summed E-state index contributed by atoms with van der Waals surface area (Å²) in [7, 11) is 0. The first-order valence-corrected chi connectivity index (χ1v) is 18.8. The van der Waals surface area contributed by atoms with Crippen LogP contribution in [0.4, 0.5) is 4.79 Å². The van der Waals surface area contributed by atoms with Crippen molar-refractivity contribution in [3.8, 4) is 0 Å². The van der Waals surface area contributed by atoms with Gasteiger partial charge in [-0.3, -0.25) is 4.90 Å². The van der Waals surface area contributed by atoms with Crippen LogP contribution in [-0.4, -0.2) is 73.2 Å². The van der Waals surface area contributed by atoms with Gasteiger partial charge in [0, 0.05) is 18.4 Å². The molecule has 3 fully saturated rings. The van der Waals surface area contributed by atoms with Gasteiger partial charge in [-0.1, -0.05) is 135 Å². The van der Waals surface area contributed by atoms with Gasteiger partial charge in [-0.2, -0.15) is 0 Å². The highest BCUT2D eigenvalue weighted by Crippen LogP contribution is 2.40. The Morgan fingerprint density at radius 2 is 1.09 bits per heavy atom. The summed E-state index contributed by atoms with van der Waals surface area (Å²) in [5, 5.41) is 0. The number of rotatable bonds is 15. The SMILES string of the molecule is CC1[C@H](C)OC(COCc2ccccc2)[C@H](O[C@@H]2OC(COCc3ccccc3)[C@H](C)[C@@H]3OC(=O)N(Cc4ccccc4)C23)[C@H]1OCc1ccccc1. The summed E-state index contributed by atoms with van der Waals surface area (Å²) < 4.78 is 46.2. The summed E-state index contributed by atoms with van der Waals surface area (Å²) in [5.74, 6) is -0.170. The molecule has 3 aliphatic heterocycles. The number of amides is 1. The van der Waals surface area contributed by atoms with Crippen LogP contribution in [-0.2, 0) is 59.5 Å².